The molecule has 0 unspecified atom stereocenters. The summed E-state index contributed by atoms with van der Waals surface area (Å²) in [6.45, 7) is 5.26. The van der Waals surface area contributed by atoms with Gasteiger partial charge >= 0.3 is 0 Å². The number of likely N-dealkylation sites (N-methyl/N-ethyl adjacent to an activating group) is 1. The molecule has 1 N–H and O–H groups in total. The van der Waals surface area contributed by atoms with Crippen molar-refractivity contribution in [3.8, 4) is 11.5 Å². The fourth-order valence-electron chi connectivity index (χ4n) is 3.40. The number of hydrogen-bond donors (Lipinski definition) is 1. The number of rotatable bonds is 7. The van der Waals surface area contributed by atoms with Gasteiger partial charge in [-0.25, -0.2) is 0 Å². The Balaban J connectivity index is 1.72. The Morgan fingerprint density at radius 1 is 1.10 bits per heavy atom. The molecule has 29 heavy (non-hydrogen) atoms. The second-order valence-corrected chi connectivity index (χ2v) is 7.22. The topological polar surface area (TPSA) is 67.9 Å². The maximum absolute atomic E-state index is 13.1. The van der Waals surface area contributed by atoms with Crippen LogP contribution in [0, 0.1) is 6.92 Å². The summed E-state index contributed by atoms with van der Waals surface area (Å²) in [5, 5.41) is 2.65. The molecule has 2 aromatic carbocycles. The van der Waals surface area contributed by atoms with Crippen LogP contribution in [0.15, 0.2) is 42.5 Å². The van der Waals surface area contributed by atoms with Crippen molar-refractivity contribution in [2.24, 2.45) is 0 Å². The Morgan fingerprint density at radius 3 is 2.55 bits per heavy atom. The molecule has 0 saturated heterocycles. The Bertz CT molecular complexity index is 881. The van der Waals surface area contributed by atoms with Crippen molar-refractivity contribution in [2.75, 3.05) is 20.3 Å². The molecule has 0 bridgehead atoms. The van der Waals surface area contributed by atoms with Gasteiger partial charge in [-0.3, -0.25) is 9.59 Å². The van der Waals surface area contributed by atoms with Gasteiger partial charge in [-0.1, -0.05) is 30.3 Å². The first-order chi connectivity index (χ1) is 14.0. The molecule has 1 heterocycles. The smallest absolute Gasteiger partial charge is 0.242 e. The summed E-state index contributed by atoms with van der Waals surface area (Å²) in [5.41, 5.74) is 3.14. The molecule has 1 aliphatic heterocycles. The zero-order valence-electron chi connectivity index (χ0n) is 17.2. The largest absolute Gasteiger partial charge is 0.486 e. The molecule has 0 aromatic heterocycles. The molecule has 154 valence electrons. The van der Waals surface area contributed by atoms with Crippen LogP contribution >= 0.6 is 0 Å². The van der Waals surface area contributed by atoms with E-state index in [1.165, 1.54) is 0 Å². The van der Waals surface area contributed by atoms with E-state index >= 15 is 0 Å². The Labute approximate surface area is 171 Å². The highest BCUT2D eigenvalue weighted by Crippen LogP contribution is 2.31. The van der Waals surface area contributed by atoms with Crippen molar-refractivity contribution in [2.45, 2.75) is 39.3 Å². The van der Waals surface area contributed by atoms with Crippen molar-refractivity contribution in [1.29, 1.82) is 0 Å². The minimum Gasteiger partial charge on any atom is -0.486 e. The molecule has 0 saturated carbocycles. The van der Waals surface area contributed by atoms with Gasteiger partial charge in [0.1, 0.15) is 19.3 Å². The van der Waals surface area contributed by atoms with Gasteiger partial charge in [-0.15, -0.1) is 0 Å². The summed E-state index contributed by atoms with van der Waals surface area (Å²) in [7, 11) is 1.59. The van der Waals surface area contributed by atoms with Gasteiger partial charge in [0, 0.05) is 20.0 Å². The van der Waals surface area contributed by atoms with Gasteiger partial charge in [0.25, 0.3) is 0 Å². The lowest BCUT2D eigenvalue weighted by atomic mass is 10.1. The van der Waals surface area contributed by atoms with E-state index in [1.807, 2.05) is 49.4 Å². The van der Waals surface area contributed by atoms with Crippen LogP contribution < -0.4 is 14.8 Å². The highest BCUT2D eigenvalue weighted by Gasteiger charge is 2.25. The maximum Gasteiger partial charge on any atom is 0.242 e. The van der Waals surface area contributed by atoms with Crippen LogP contribution in [0.3, 0.4) is 0 Å². The summed E-state index contributed by atoms with van der Waals surface area (Å²) in [5.74, 6) is 1.22. The molecule has 1 aliphatic rings. The molecule has 0 fully saturated rings. The molecule has 6 nitrogen and oxygen atoms in total. The average Bonchev–Trinajstić information content (AvgIpc) is 2.75. The van der Waals surface area contributed by atoms with E-state index in [2.05, 4.69) is 5.32 Å². The van der Waals surface area contributed by atoms with E-state index in [0.717, 1.165) is 28.2 Å². The fourth-order valence-corrected chi connectivity index (χ4v) is 3.40. The number of carbonyl (C=O) groups is 2. The van der Waals surface area contributed by atoms with Gasteiger partial charge in [0.15, 0.2) is 11.5 Å². The van der Waals surface area contributed by atoms with E-state index in [9.17, 15) is 9.59 Å². The lowest BCUT2D eigenvalue weighted by molar-refractivity contribution is -0.140. The number of fused-ring (bicyclic) bond motifs is 1. The van der Waals surface area contributed by atoms with E-state index in [0.29, 0.717) is 32.6 Å². The molecule has 6 heteroatoms. The first-order valence-corrected chi connectivity index (χ1v) is 9.93. The van der Waals surface area contributed by atoms with Crippen LogP contribution in [0.4, 0.5) is 0 Å². The second kappa shape index (κ2) is 9.45. The van der Waals surface area contributed by atoms with E-state index in [1.54, 1.807) is 18.9 Å². The predicted molar refractivity (Wildman–Crippen MR) is 111 cm³/mol. The zero-order chi connectivity index (χ0) is 20.8. The molecule has 1 atom stereocenters. The SMILES string of the molecule is CNC(=O)[C@@H](C)N(Cc1ccccc1C)C(=O)CCc1ccc2c(c1)OCCO2. The minimum atomic E-state index is -0.549. The summed E-state index contributed by atoms with van der Waals surface area (Å²) in [4.78, 5) is 27.0. The fraction of sp³-hybridized carbons (Fsp3) is 0.391. The molecule has 3 rings (SSSR count). The molecule has 0 spiro atoms. The molecule has 2 amide bonds. The van der Waals surface area contributed by atoms with E-state index in [-0.39, 0.29) is 11.8 Å². The minimum absolute atomic E-state index is 0.0563. The molecular formula is C23H28N2O4. The van der Waals surface area contributed by atoms with Crippen LogP contribution in [0.2, 0.25) is 0 Å². The van der Waals surface area contributed by atoms with Gasteiger partial charge in [0.2, 0.25) is 11.8 Å². The average molecular weight is 396 g/mol. The number of benzene rings is 2. The van der Waals surface area contributed by atoms with E-state index in [4.69, 9.17) is 9.47 Å². The van der Waals surface area contributed by atoms with Crippen LogP contribution in [0.1, 0.15) is 30.0 Å². The predicted octanol–water partition coefficient (Wildman–Crippen LogP) is 2.86. The van der Waals surface area contributed by atoms with Crippen molar-refractivity contribution in [3.63, 3.8) is 0 Å². The van der Waals surface area contributed by atoms with Crippen molar-refractivity contribution in [1.82, 2.24) is 10.2 Å². The van der Waals surface area contributed by atoms with Gasteiger partial charge < -0.3 is 19.7 Å². The summed E-state index contributed by atoms with van der Waals surface area (Å²) in [6.07, 6.45) is 0.882. The van der Waals surface area contributed by atoms with Gasteiger partial charge in [0.05, 0.1) is 0 Å². The van der Waals surface area contributed by atoms with E-state index < -0.39 is 6.04 Å². The number of hydrogen-bond acceptors (Lipinski definition) is 4. The van der Waals surface area contributed by atoms with Crippen molar-refractivity contribution in [3.05, 3.63) is 59.2 Å². The highest BCUT2D eigenvalue weighted by atomic mass is 16.6. The van der Waals surface area contributed by atoms with Crippen molar-refractivity contribution < 1.29 is 19.1 Å². The second-order valence-electron chi connectivity index (χ2n) is 7.22. The third kappa shape index (κ3) is 5.08. The monoisotopic (exact) mass is 396 g/mol. The number of nitrogens with zero attached hydrogens (tertiary/aromatic N) is 1. The van der Waals surface area contributed by atoms with Crippen LogP contribution in [-0.4, -0.2) is 43.0 Å². The zero-order valence-corrected chi connectivity index (χ0v) is 17.2. The van der Waals surface area contributed by atoms with Crippen LogP contribution in [0.25, 0.3) is 0 Å². The first-order valence-electron chi connectivity index (χ1n) is 9.93. The number of amides is 2. The number of aryl methyl sites for hydroxylation is 2. The third-order valence-corrected chi connectivity index (χ3v) is 5.25. The summed E-state index contributed by atoms with van der Waals surface area (Å²) in [6, 6.07) is 13.1. The standard InChI is InChI=1S/C23H28N2O4/c1-16-6-4-5-7-19(16)15-25(17(2)23(27)24-3)22(26)11-9-18-8-10-20-21(14-18)29-13-12-28-20/h4-8,10,14,17H,9,11-13,15H2,1-3H3,(H,24,27)/t17-/m1/s1. The van der Waals surface area contributed by atoms with Gasteiger partial charge in [-0.05, 0) is 49.1 Å². The number of carbonyl (C=O) groups excluding carboxylic acids is 2. The van der Waals surface area contributed by atoms with Crippen LogP contribution in [-0.2, 0) is 22.6 Å². The summed E-state index contributed by atoms with van der Waals surface area (Å²) >= 11 is 0. The lowest BCUT2D eigenvalue weighted by Crippen LogP contribution is -2.46. The molecular weight excluding hydrogens is 368 g/mol. The Hall–Kier alpha value is -3.02. The normalized spacial score (nSPS) is 13.5. The van der Waals surface area contributed by atoms with Crippen molar-refractivity contribution >= 4 is 11.8 Å². The molecule has 0 radical (unpaired) electrons. The first kappa shape index (κ1) is 20.7. The maximum atomic E-state index is 13.1. The number of ether oxygens (including phenoxy) is 2. The van der Waals surface area contributed by atoms with Gasteiger partial charge in [-0.2, -0.15) is 0 Å². The third-order valence-electron chi connectivity index (χ3n) is 5.25. The molecule has 2 aromatic rings. The number of nitrogens with one attached hydrogen (secondary N) is 1. The highest BCUT2D eigenvalue weighted by molar-refractivity contribution is 5.87. The molecule has 0 aliphatic carbocycles. The Morgan fingerprint density at radius 2 is 1.83 bits per heavy atom. The summed E-state index contributed by atoms with van der Waals surface area (Å²) < 4.78 is 11.2. The lowest BCUT2D eigenvalue weighted by Gasteiger charge is -2.29. The quantitative estimate of drug-likeness (QED) is 0.782. The Kier molecular flexibility index (Phi) is 6.75. The van der Waals surface area contributed by atoms with Crippen LogP contribution in [0.5, 0.6) is 11.5 Å².